The molecule has 1 heterocycles. The van der Waals surface area contributed by atoms with Gasteiger partial charge in [0.1, 0.15) is 0 Å². The first kappa shape index (κ1) is 12.0. The Balaban J connectivity index is 2.35. The van der Waals surface area contributed by atoms with Crippen LogP contribution in [0.2, 0.25) is 0 Å². The van der Waals surface area contributed by atoms with E-state index >= 15 is 0 Å². The van der Waals surface area contributed by atoms with Crippen LogP contribution in [0.3, 0.4) is 0 Å². The minimum absolute atomic E-state index is 0.0759. The van der Waals surface area contributed by atoms with Gasteiger partial charge in [-0.25, -0.2) is 0 Å². The largest absolute Gasteiger partial charge is 0.481 e. The number of carboxylic acid groups (broad SMARTS) is 1. The maximum absolute atomic E-state index is 10.9. The molecular weight excluding hydrogens is 196 g/mol. The molecule has 0 saturated carbocycles. The van der Waals surface area contributed by atoms with E-state index < -0.39 is 11.9 Å². The Kier molecular flexibility index (Phi) is 4.08. The third-order valence-corrected chi connectivity index (χ3v) is 2.90. The molecule has 1 rings (SSSR count). The number of carboxylic acids is 1. The number of hydrogen-bond donors (Lipinski definition) is 3. The molecule has 86 valence electrons. The molecule has 0 aromatic carbocycles. The van der Waals surface area contributed by atoms with Gasteiger partial charge in [0.2, 0.25) is 5.91 Å². The average Bonchev–Trinajstić information content (AvgIpc) is 2.20. The van der Waals surface area contributed by atoms with E-state index in [4.69, 9.17) is 5.11 Å². The van der Waals surface area contributed by atoms with Crippen molar-refractivity contribution in [2.75, 3.05) is 6.54 Å². The third kappa shape index (κ3) is 3.51. The monoisotopic (exact) mass is 214 g/mol. The van der Waals surface area contributed by atoms with Crippen LogP contribution >= 0.6 is 0 Å². The number of carbonyl (C=O) groups is 2. The predicted octanol–water partition coefficient (Wildman–Crippen LogP) is -0.0362. The summed E-state index contributed by atoms with van der Waals surface area (Å²) in [6.07, 6.45) is 1.30. The third-order valence-electron chi connectivity index (χ3n) is 2.90. The van der Waals surface area contributed by atoms with Crippen LogP contribution in [0.15, 0.2) is 0 Å². The summed E-state index contributed by atoms with van der Waals surface area (Å²) in [5.41, 5.74) is 0. The molecule has 0 aromatic heterocycles. The van der Waals surface area contributed by atoms with E-state index in [1.54, 1.807) is 6.92 Å². The highest BCUT2D eigenvalue weighted by atomic mass is 16.4. The molecule has 1 aliphatic rings. The SMILES string of the molecule is CC(NC1CCC(=O)NC1)C(C)C(=O)O. The second-order valence-corrected chi connectivity index (χ2v) is 4.12. The molecule has 5 heteroatoms. The van der Waals surface area contributed by atoms with Crippen molar-refractivity contribution in [3.05, 3.63) is 0 Å². The normalized spacial score (nSPS) is 25.5. The van der Waals surface area contributed by atoms with Crippen molar-refractivity contribution in [2.45, 2.75) is 38.8 Å². The van der Waals surface area contributed by atoms with Crippen molar-refractivity contribution in [3.63, 3.8) is 0 Å². The van der Waals surface area contributed by atoms with Crippen LogP contribution in [0.4, 0.5) is 0 Å². The van der Waals surface area contributed by atoms with Crippen molar-refractivity contribution < 1.29 is 14.7 Å². The average molecular weight is 214 g/mol. The summed E-state index contributed by atoms with van der Waals surface area (Å²) < 4.78 is 0. The molecule has 0 bridgehead atoms. The zero-order valence-corrected chi connectivity index (χ0v) is 9.12. The quantitative estimate of drug-likeness (QED) is 0.614. The first-order chi connectivity index (χ1) is 7.00. The van der Waals surface area contributed by atoms with Crippen molar-refractivity contribution in [3.8, 4) is 0 Å². The van der Waals surface area contributed by atoms with E-state index in [1.165, 1.54) is 0 Å². The van der Waals surface area contributed by atoms with E-state index in [9.17, 15) is 9.59 Å². The summed E-state index contributed by atoms with van der Waals surface area (Å²) >= 11 is 0. The van der Waals surface area contributed by atoms with Crippen LogP contribution < -0.4 is 10.6 Å². The summed E-state index contributed by atoms with van der Waals surface area (Å²) in [5.74, 6) is -1.13. The summed E-state index contributed by atoms with van der Waals surface area (Å²) in [4.78, 5) is 21.6. The lowest BCUT2D eigenvalue weighted by molar-refractivity contribution is -0.142. The van der Waals surface area contributed by atoms with Gasteiger partial charge in [0.25, 0.3) is 0 Å². The van der Waals surface area contributed by atoms with Gasteiger partial charge in [-0.15, -0.1) is 0 Å². The number of amides is 1. The van der Waals surface area contributed by atoms with Crippen LogP contribution in [0.25, 0.3) is 0 Å². The summed E-state index contributed by atoms with van der Waals surface area (Å²) in [6.45, 7) is 4.13. The van der Waals surface area contributed by atoms with Crippen molar-refractivity contribution in [1.82, 2.24) is 10.6 Å². The molecule has 1 saturated heterocycles. The zero-order chi connectivity index (χ0) is 11.4. The lowest BCUT2D eigenvalue weighted by Crippen LogP contribution is -2.50. The van der Waals surface area contributed by atoms with Crippen LogP contribution in [0, 0.1) is 5.92 Å². The second kappa shape index (κ2) is 5.11. The number of rotatable bonds is 4. The highest BCUT2D eigenvalue weighted by Gasteiger charge is 2.24. The Morgan fingerprint density at radius 3 is 2.73 bits per heavy atom. The van der Waals surface area contributed by atoms with Gasteiger partial charge in [-0.2, -0.15) is 0 Å². The highest BCUT2D eigenvalue weighted by molar-refractivity contribution is 5.76. The van der Waals surface area contributed by atoms with Gasteiger partial charge in [0.05, 0.1) is 5.92 Å². The molecular formula is C10H18N2O3. The van der Waals surface area contributed by atoms with Crippen LogP contribution in [-0.4, -0.2) is 35.6 Å². The van der Waals surface area contributed by atoms with Gasteiger partial charge < -0.3 is 15.7 Å². The lowest BCUT2D eigenvalue weighted by atomic mass is 10.0. The second-order valence-electron chi connectivity index (χ2n) is 4.12. The number of piperidine rings is 1. The molecule has 3 unspecified atom stereocenters. The van der Waals surface area contributed by atoms with Crippen LogP contribution in [0.5, 0.6) is 0 Å². The molecule has 1 amide bonds. The van der Waals surface area contributed by atoms with Crippen LogP contribution in [-0.2, 0) is 9.59 Å². The maximum atomic E-state index is 10.9. The fourth-order valence-electron chi connectivity index (χ4n) is 1.61. The minimum atomic E-state index is -0.796. The first-order valence-electron chi connectivity index (χ1n) is 5.26. The molecule has 3 N–H and O–H groups in total. The van der Waals surface area contributed by atoms with E-state index in [0.717, 1.165) is 6.42 Å². The minimum Gasteiger partial charge on any atom is -0.481 e. The smallest absolute Gasteiger partial charge is 0.307 e. The van der Waals surface area contributed by atoms with Crippen molar-refractivity contribution in [1.29, 1.82) is 0 Å². The van der Waals surface area contributed by atoms with E-state index in [-0.39, 0.29) is 18.0 Å². The van der Waals surface area contributed by atoms with E-state index in [2.05, 4.69) is 10.6 Å². The van der Waals surface area contributed by atoms with Gasteiger partial charge in [0.15, 0.2) is 0 Å². The first-order valence-corrected chi connectivity index (χ1v) is 5.26. The number of nitrogens with one attached hydrogen (secondary N) is 2. The van der Waals surface area contributed by atoms with Gasteiger partial charge in [-0.05, 0) is 13.3 Å². The topological polar surface area (TPSA) is 78.4 Å². The fourth-order valence-corrected chi connectivity index (χ4v) is 1.61. The van der Waals surface area contributed by atoms with Gasteiger partial charge in [-0.1, -0.05) is 6.92 Å². The zero-order valence-electron chi connectivity index (χ0n) is 9.12. The Hall–Kier alpha value is -1.10. The Morgan fingerprint density at radius 1 is 1.60 bits per heavy atom. The lowest BCUT2D eigenvalue weighted by Gasteiger charge is -2.28. The van der Waals surface area contributed by atoms with E-state index in [1.807, 2.05) is 6.92 Å². The summed E-state index contributed by atoms with van der Waals surface area (Å²) in [7, 11) is 0. The van der Waals surface area contributed by atoms with Gasteiger partial charge in [0, 0.05) is 25.0 Å². The van der Waals surface area contributed by atoms with Crippen molar-refractivity contribution >= 4 is 11.9 Å². The van der Waals surface area contributed by atoms with Gasteiger partial charge in [-0.3, -0.25) is 9.59 Å². The molecule has 0 radical (unpaired) electrons. The Bertz CT molecular complexity index is 245. The highest BCUT2D eigenvalue weighted by Crippen LogP contribution is 2.08. The summed E-state index contributed by atoms with van der Waals surface area (Å²) in [6, 6.07) is 0.113. The summed E-state index contributed by atoms with van der Waals surface area (Å²) in [5, 5.41) is 14.8. The fraction of sp³-hybridized carbons (Fsp3) is 0.800. The maximum Gasteiger partial charge on any atom is 0.307 e. The molecule has 0 aliphatic carbocycles. The van der Waals surface area contributed by atoms with Crippen molar-refractivity contribution in [2.24, 2.45) is 5.92 Å². The Labute approximate surface area is 89.2 Å². The predicted molar refractivity (Wildman–Crippen MR) is 55.4 cm³/mol. The van der Waals surface area contributed by atoms with Gasteiger partial charge >= 0.3 is 5.97 Å². The van der Waals surface area contributed by atoms with E-state index in [0.29, 0.717) is 13.0 Å². The van der Waals surface area contributed by atoms with Crippen LogP contribution in [0.1, 0.15) is 26.7 Å². The molecule has 3 atom stereocenters. The molecule has 1 aliphatic heterocycles. The Morgan fingerprint density at radius 2 is 2.27 bits per heavy atom. The molecule has 1 fully saturated rings. The molecule has 15 heavy (non-hydrogen) atoms. The number of carbonyl (C=O) groups excluding carboxylic acids is 1. The molecule has 0 spiro atoms. The standard InChI is InChI=1S/C10H18N2O3/c1-6(10(14)15)7(2)12-8-3-4-9(13)11-5-8/h6-8,12H,3-5H2,1-2H3,(H,11,13)(H,14,15). The number of hydrogen-bond acceptors (Lipinski definition) is 3. The number of aliphatic carboxylic acids is 1. The molecule has 5 nitrogen and oxygen atoms in total. The molecule has 0 aromatic rings.